The van der Waals surface area contributed by atoms with Gasteiger partial charge in [0.1, 0.15) is 0 Å². The lowest BCUT2D eigenvalue weighted by Gasteiger charge is -2.29. The minimum Gasteiger partial charge on any atom is -0.383 e. The molecule has 1 saturated heterocycles. The summed E-state index contributed by atoms with van der Waals surface area (Å²) in [5.41, 5.74) is 0. The van der Waals surface area contributed by atoms with Crippen molar-refractivity contribution in [2.45, 2.75) is 31.7 Å². The maximum Gasteiger partial charge on any atom is 0.227 e. The highest BCUT2D eigenvalue weighted by Gasteiger charge is 2.35. The van der Waals surface area contributed by atoms with Crippen LogP contribution in [0, 0.1) is 5.92 Å². The number of carbonyl (C=O) groups excluding carboxylic acids is 1. The number of piperidine rings is 1. The van der Waals surface area contributed by atoms with Crippen molar-refractivity contribution in [1.29, 1.82) is 0 Å². The Labute approximate surface area is 97.3 Å². The van der Waals surface area contributed by atoms with Crippen molar-refractivity contribution < 1.29 is 9.53 Å². The Hall–Kier alpha value is -0.610. The van der Waals surface area contributed by atoms with E-state index in [1.807, 2.05) is 4.90 Å². The van der Waals surface area contributed by atoms with Gasteiger partial charge in [-0.15, -0.1) is 0 Å². The van der Waals surface area contributed by atoms with Gasteiger partial charge in [0.15, 0.2) is 0 Å². The molecule has 0 unspecified atom stereocenters. The van der Waals surface area contributed by atoms with Crippen molar-refractivity contribution >= 4 is 5.91 Å². The molecule has 0 aromatic carbocycles. The lowest BCUT2D eigenvalue weighted by Crippen LogP contribution is -2.45. The summed E-state index contributed by atoms with van der Waals surface area (Å²) in [5, 5.41) is 3.31. The molecule has 2 fully saturated rings. The molecule has 4 nitrogen and oxygen atoms in total. The first-order valence-electron chi connectivity index (χ1n) is 6.33. The van der Waals surface area contributed by atoms with Gasteiger partial charge in [-0.3, -0.25) is 4.79 Å². The molecule has 0 aromatic rings. The molecule has 2 aliphatic rings. The molecule has 0 spiro atoms. The molecular formula is C12H22N2O2. The predicted octanol–water partition coefficient (Wildman–Crippen LogP) is 0.623. The van der Waals surface area contributed by atoms with E-state index in [9.17, 15) is 4.79 Å². The summed E-state index contributed by atoms with van der Waals surface area (Å²) in [6, 6.07) is 0.504. The van der Waals surface area contributed by atoms with E-state index in [1.165, 1.54) is 12.8 Å². The predicted molar refractivity (Wildman–Crippen MR) is 62.2 cm³/mol. The molecule has 4 heteroatoms. The summed E-state index contributed by atoms with van der Waals surface area (Å²) in [6.07, 6.45) is 4.52. The van der Waals surface area contributed by atoms with E-state index in [0.717, 1.165) is 32.5 Å². The molecule has 92 valence electrons. The summed E-state index contributed by atoms with van der Waals surface area (Å²) in [4.78, 5) is 14.4. The number of amides is 1. The van der Waals surface area contributed by atoms with Crippen LogP contribution in [-0.4, -0.2) is 50.2 Å². The molecule has 1 amide bonds. The third kappa shape index (κ3) is 2.95. The maximum absolute atomic E-state index is 12.3. The Morgan fingerprint density at radius 1 is 1.44 bits per heavy atom. The quantitative estimate of drug-likeness (QED) is 0.747. The second kappa shape index (κ2) is 5.64. The number of nitrogens with one attached hydrogen (secondary N) is 1. The molecule has 1 aliphatic carbocycles. The number of ether oxygens (including phenoxy) is 1. The van der Waals surface area contributed by atoms with Crippen molar-refractivity contribution in [3.63, 3.8) is 0 Å². The highest BCUT2D eigenvalue weighted by molar-refractivity contribution is 5.79. The van der Waals surface area contributed by atoms with Crippen LogP contribution in [-0.2, 0) is 9.53 Å². The second-order valence-corrected chi connectivity index (χ2v) is 4.80. The second-order valence-electron chi connectivity index (χ2n) is 4.80. The highest BCUT2D eigenvalue weighted by atomic mass is 16.5. The number of rotatable bonds is 5. The van der Waals surface area contributed by atoms with Gasteiger partial charge in [-0.25, -0.2) is 0 Å². The molecule has 2 rings (SSSR count). The number of hydrogen-bond donors (Lipinski definition) is 1. The minimum absolute atomic E-state index is 0.200. The first-order chi connectivity index (χ1) is 7.83. The molecule has 1 heterocycles. The van der Waals surface area contributed by atoms with Gasteiger partial charge >= 0.3 is 0 Å². The molecule has 0 aromatic heterocycles. The van der Waals surface area contributed by atoms with Crippen LogP contribution >= 0.6 is 0 Å². The SMILES string of the molecule is COCCN(C(=O)[C@H]1CCCNC1)C1CC1. The molecule has 1 saturated carbocycles. The summed E-state index contributed by atoms with van der Waals surface area (Å²) in [6.45, 7) is 3.33. The fourth-order valence-electron chi connectivity index (χ4n) is 2.35. The van der Waals surface area contributed by atoms with E-state index >= 15 is 0 Å². The summed E-state index contributed by atoms with van der Waals surface area (Å²) >= 11 is 0. The Bertz CT molecular complexity index is 235. The average molecular weight is 226 g/mol. The van der Waals surface area contributed by atoms with E-state index in [-0.39, 0.29) is 5.92 Å². The van der Waals surface area contributed by atoms with Crippen molar-refractivity contribution in [2.75, 3.05) is 33.4 Å². The van der Waals surface area contributed by atoms with Crippen molar-refractivity contribution in [3.05, 3.63) is 0 Å². The van der Waals surface area contributed by atoms with E-state index < -0.39 is 0 Å². The lowest BCUT2D eigenvalue weighted by molar-refractivity contribution is -0.137. The third-order valence-electron chi connectivity index (χ3n) is 3.45. The monoisotopic (exact) mass is 226 g/mol. The van der Waals surface area contributed by atoms with E-state index in [4.69, 9.17) is 4.74 Å². The van der Waals surface area contributed by atoms with Crippen molar-refractivity contribution in [1.82, 2.24) is 10.2 Å². The number of hydrogen-bond acceptors (Lipinski definition) is 3. The highest BCUT2D eigenvalue weighted by Crippen LogP contribution is 2.28. The Kier molecular flexibility index (Phi) is 4.18. The van der Waals surface area contributed by atoms with Crippen LogP contribution < -0.4 is 5.32 Å². The summed E-state index contributed by atoms with van der Waals surface area (Å²) < 4.78 is 5.08. The van der Waals surface area contributed by atoms with Crippen LogP contribution in [0.15, 0.2) is 0 Å². The smallest absolute Gasteiger partial charge is 0.227 e. The molecule has 16 heavy (non-hydrogen) atoms. The Morgan fingerprint density at radius 2 is 2.25 bits per heavy atom. The van der Waals surface area contributed by atoms with Crippen LogP contribution in [0.3, 0.4) is 0 Å². The fraction of sp³-hybridized carbons (Fsp3) is 0.917. The van der Waals surface area contributed by atoms with Gasteiger partial charge in [-0.05, 0) is 32.2 Å². The Balaban J connectivity index is 1.87. The molecule has 1 atom stereocenters. The van der Waals surface area contributed by atoms with Crippen LogP contribution in [0.4, 0.5) is 0 Å². The van der Waals surface area contributed by atoms with Gasteiger partial charge in [-0.2, -0.15) is 0 Å². The fourth-order valence-corrected chi connectivity index (χ4v) is 2.35. The van der Waals surface area contributed by atoms with Crippen molar-refractivity contribution in [3.8, 4) is 0 Å². The molecule has 1 aliphatic heterocycles. The number of nitrogens with zero attached hydrogens (tertiary/aromatic N) is 1. The standard InChI is InChI=1S/C12H22N2O2/c1-16-8-7-14(11-4-5-11)12(15)10-3-2-6-13-9-10/h10-11,13H,2-9H2,1H3/t10-/m0/s1. The maximum atomic E-state index is 12.3. The molecule has 1 N–H and O–H groups in total. The zero-order valence-corrected chi connectivity index (χ0v) is 10.1. The van der Waals surface area contributed by atoms with Gasteiger partial charge < -0.3 is 15.0 Å². The van der Waals surface area contributed by atoms with Gasteiger partial charge in [-0.1, -0.05) is 0 Å². The van der Waals surface area contributed by atoms with Crippen molar-refractivity contribution in [2.24, 2.45) is 5.92 Å². The number of methoxy groups -OCH3 is 1. The van der Waals surface area contributed by atoms with Crippen LogP contribution in [0.1, 0.15) is 25.7 Å². The van der Waals surface area contributed by atoms with E-state index in [2.05, 4.69) is 5.32 Å². The van der Waals surface area contributed by atoms with Gasteiger partial charge in [0.05, 0.1) is 12.5 Å². The first-order valence-corrected chi connectivity index (χ1v) is 6.33. The van der Waals surface area contributed by atoms with E-state index in [0.29, 0.717) is 18.6 Å². The van der Waals surface area contributed by atoms with Crippen LogP contribution in [0.25, 0.3) is 0 Å². The van der Waals surface area contributed by atoms with Gasteiger partial charge in [0.2, 0.25) is 5.91 Å². The topological polar surface area (TPSA) is 41.6 Å². The first kappa shape index (κ1) is 11.9. The number of carbonyl (C=O) groups is 1. The minimum atomic E-state index is 0.200. The Morgan fingerprint density at radius 3 is 2.81 bits per heavy atom. The van der Waals surface area contributed by atoms with Crippen LogP contribution in [0.2, 0.25) is 0 Å². The molecule has 0 bridgehead atoms. The van der Waals surface area contributed by atoms with Gasteiger partial charge in [0.25, 0.3) is 0 Å². The van der Waals surface area contributed by atoms with Crippen LogP contribution in [0.5, 0.6) is 0 Å². The van der Waals surface area contributed by atoms with E-state index in [1.54, 1.807) is 7.11 Å². The summed E-state index contributed by atoms with van der Waals surface area (Å²) in [5.74, 6) is 0.540. The van der Waals surface area contributed by atoms with Gasteiger partial charge in [0, 0.05) is 26.2 Å². The molecular weight excluding hydrogens is 204 g/mol. The zero-order valence-electron chi connectivity index (χ0n) is 10.1. The normalized spacial score (nSPS) is 25.4. The average Bonchev–Trinajstić information content (AvgIpc) is 3.15. The lowest BCUT2D eigenvalue weighted by atomic mass is 9.98. The zero-order chi connectivity index (χ0) is 11.4. The third-order valence-corrected chi connectivity index (χ3v) is 3.45. The largest absolute Gasteiger partial charge is 0.383 e. The summed E-state index contributed by atoms with van der Waals surface area (Å²) in [7, 11) is 1.69. The molecule has 0 radical (unpaired) electrons.